The number of halogens is 1. The maximum atomic E-state index is 13.1. The molecule has 0 aliphatic heterocycles. The highest BCUT2D eigenvalue weighted by Gasteiger charge is 2.03. The van der Waals surface area contributed by atoms with Gasteiger partial charge in [-0.3, -0.25) is 4.79 Å². The normalized spacial score (nSPS) is 9.69. The molecule has 1 nitrogen and oxygen atoms in total. The first-order valence-corrected chi connectivity index (χ1v) is 4.12. The molecule has 13 heavy (non-hydrogen) atoms. The van der Waals surface area contributed by atoms with Crippen LogP contribution in [0.5, 0.6) is 0 Å². The van der Waals surface area contributed by atoms with Crippen LogP contribution in [0, 0.1) is 5.82 Å². The van der Waals surface area contributed by atoms with Crippen molar-refractivity contribution in [2.75, 3.05) is 0 Å². The Balaban J connectivity index is 3.09. The molecule has 0 bridgehead atoms. The lowest BCUT2D eigenvalue weighted by Crippen LogP contribution is -1.90. The van der Waals surface area contributed by atoms with Crippen molar-refractivity contribution in [1.82, 2.24) is 0 Å². The van der Waals surface area contributed by atoms with Gasteiger partial charge in [0.25, 0.3) is 0 Å². The van der Waals surface area contributed by atoms with Crippen molar-refractivity contribution in [3.05, 3.63) is 41.7 Å². The van der Waals surface area contributed by atoms with Gasteiger partial charge >= 0.3 is 0 Å². The standard InChI is InChI=1S/C11H11FO/c1-3-8(2)9-4-5-10(7-13)11(12)6-9/h4-7H,2-3H2,1H3. The van der Waals surface area contributed by atoms with Gasteiger partial charge in [-0.25, -0.2) is 4.39 Å². The van der Waals surface area contributed by atoms with Gasteiger partial charge in [0.1, 0.15) is 5.82 Å². The van der Waals surface area contributed by atoms with Crippen molar-refractivity contribution in [3.63, 3.8) is 0 Å². The fraction of sp³-hybridized carbons (Fsp3) is 0.182. The number of carbonyl (C=O) groups is 1. The Bertz CT molecular complexity index is 342. The first-order valence-electron chi connectivity index (χ1n) is 4.12. The molecule has 0 fully saturated rings. The molecule has 68 valence electrons. The van der Waals surface area contributed by atoms with Gasteiger partial charge in [-0.15, -0.1) is 0 Å². The lowest BCUT2D eigenvalue weighted by atomic mass is 10.0. The second kappa shape index (κ2) is 3.99. The Hall–Kier alpha value is -1.44. The molecule has 0 atom stereocenters. The zero-order valence-electron chi connectivity index (χ0n) is 7.51. The molecule has 1 rings (SSSR count). The maximum absolute atomic E-state index is 13.1. The van der Waals surface area contributed by atoms with Crippen molar-refractivity contribution in [2.45, 2.75) is 13.3 Å². The molecular formula is C11H11FO. The van der Waals surface area contributed by atoms with E-state index < -0.39 is 5.82 Å². The van der Waals surface area contributed by atoms with Crippen molar-refractivity contribution in [3.8, 4) is 0 Å². The molecular weight excluding hydrogens is 167 g/mol. The van der Waals surface area contributed by atoms with E-state index >= 15 is 0 Å². The molecule has 0 aromatic heterocycles. The van der Waals surface area contributed by atoms with Gasteiger partial charge in [-0.1, -0.05) is 19.6 Å². The van der Waals surface area contributed by atoms with E-state index in [1.807, 2.05) is 6.92 Å². The number of benzene rings is 1. The smallest absolute Gasteiger partial charge is 0.152 e. The quantitative estimate of drug-likeness (QED) is 0.650. The van der Waals surface area contributed by atoms with Gasteiger partial charge < -0.3 is 0 Å². The van der Waals surface area contributed by atoms with E-state index in [0.29, 0.717) is 6.29 Å². The van der Waals surface area contributed by atoms with Crippen molar-refractivity contribution in [1.29, 1.82) is 0 Å². The summed E-state index contributed by atoms with van der Waals surface area (Å²) < 4.78 is 13.1. The summed E-state index contributed by atoms with van der Waals surface area (Å²) in [6.45, 7) is 5.74. The minimum Gasteiger partial charge on any atom is -0.298 e. The van der Waals surface area contributed by atoms with Gasteiger partial charge in [-0.05, 0) is 29.7 Å². The molecule has 0 radical (unpaired) electrons. The maximum Gasteiger partial charge on any atom is 0.152 e. The zero-order valence-corrected chi connectivity index (χ0v) is 7.51. The summed E-state index contributed by atoms with van der Waals surface area (Å²) in [7, 11) is 0. The summed E-state index contributed by atoms with van der Waals surface area (Å²) in [5, 5.41) is 0. The Morgan fingerprint density at radius 3 is 2.77 bits per heavy atom. The SMILES string of the molecule is C=C(CC)c1ccc(C=O)c(F)c1. The monoisotopic (exact) mass is 178 g/mol. The van der Waals surface area contributed by atoms with E-state index in [1.54, 1.807) is 6.07 Å². The van der Waals surface area contributed by atoms with E-state index in [-0.39, 0.29) is 5.56 Å². The number of allylic oxidation sites excluding steroid dienone is 1. The fourth-order valence-electron chi connectivity index (χ4n) is 1.05. The highest BCUT2D eigenvalue weighted by Crippen LogP contribution is 2.17. The molecule has 0 N–H and O–H groups in total. The minimum absolute atomic E-state index is 0.0904. The summed E-state index contributed by atoms with van der Waals surface area (Å²) in [5.41, 5.74) is 1.72. The van der Waals surface area contributed by atoms with Crippen LogP contribution in [0.3, 0.4) is 0 Å². The Kier molecular flexibility index (Phi) is 2.96. The number of rotatable bonds is 3. The average Bonchev–Trinajstić information content (AvgIpc) is 2.16. The number of hydrogen-bond acceptors (Lipinski definition) is 1. The van der Waals surface area contributed by atoms with Crippen LogP contribution in [0.25, 0.3) is 5.57 Å². The van der Waals surface area contributed by atoms with Crippen LogP contribution >= 0.6 is 0 Å². The second-order valence-electron chi connectivity index (χ2n) is 2.81. The number of aldehydes is 1. The van der Waals surface area contributed by atoms with E-state index in [0.717, 1.165) is 17.6 Å². The van der Waals surface area contributed by atoms with Crippen LogP contribution in [0.1, 0.15) is 29.3 Å². The molecule has 0 heterocycles. The van der Waals surface area contributed by atoms with Crippen LogP contribution in [-0.2, 0) is 0 Å². The summed E-state index contributed by atoms with van der Waals surface area (Å²) in [4.78, 5) is 10.3. The van der Waals surface area contributed by atoms with Gasteiger partial charge in [-0.2, -0.15) is 0 Å². The van der Waals surface area contributed by atoms with Gasteiger partial charge in [0.2, 0.25) is 0 Å². The van der Waals surface area contributed by atoms with Gasteiger partial charge in [0, 0.05) is 0 Å². The third-order valence-corrected chi connectivity index (χ3v) is 1.96. The van der Waals surface area contributed by atoms with Crippen LogP contribution in [-0.4, -0.2) is 6.29 Å². The summed E-state index contributed by atoms with van der Waals surface area (Å²) >= 11 is 0. The van der Waals surface area contributed by atoms with E-state index in [4.69, 9.17) is 0 Å². The molecule has 0 spiro atoms. The Labute approximate surface area is 76.9 Å². The van der Waals surface area contributed by atoms with Crippen molar-refractivity contribution >= 4 is 11.9 Å². The van der Waals surface area contributed by atoms with Crippen LogP contribution in [0.4, 0.5) is 4.39 Å². The molecule has 0 saturated heterocycles. The predicted octanol–water partition coefficient (Wildman–Crippen LogP) is 3.06. The van der Waals surface area contributed by atoms with Crippen molar-refractivity contribution < 1.29 is 9.18 Å². The van der Waals surface area contributed by atoms with Crippen molar-refractivity contribution in [2.24, 2.45) is 0 Å². The first kappa shape index (κ1) is 9.65. The molecule has 0 amide bonds. The predicted molar refractivity (Wildman–Crippen MR) is 51.1 cm³/mol. The van der Waals surface area contributed by atoms with E-state index in [2.05, 4.69) is 6.58 Å². The average molecular weight is 178 g/mol. The fourth-order valence-corrected chi connectivity index (χ4v) is 1.05. The topological polar surface area (TPSA) is 17.1 Å². The van der Waals surface area contributed by atoms with E-state index in [1.165, 1.54) is 12.1 Å². The molecule has 2 heteroatoms. The highest BCUT2D eigenvalue weighted by molar-refractivity contribution is 5.76. The Morgan fingerprint density at radius 1 is 1.62 bits per heavy atom. The van der Waals surface area contributed by atoms with Crippen LogP contribution < -0.4 is 0 Å². The molecule has 0 saturated carbocycles. The zero-order chi connectivity index (χ0) is 9.84. The highest BCUT2D eigenvalue weighted by atomic mass is 19.1. The summed E-state index contributed by atoms with van der Waals surface area (Å²) in [6, 6.07) is 4.52. The minimum atomic E-state index is -0.484. The van der Waals surface area contributed by atoms with E-state index in [9.17, 15) is 9.18 Å². The van der Waals surface area contributed by atoms with Crippen LogP contribution in [0.2, 0.25) is 0 Å². The largest absolute Gasteiger partial charge is 0.298 e. The molecule has 0 unspecified atom stereocenters. The molecule has 0 aliphatic rings. The number of carbonyl (C=O) groups excluding carboxylic acids is 1. The van der Waals surface area contributed by atoms with Gasteiger partial charge in [0.05, 0.1) is 5.56 Å². The molecule has 1 aromatic carbocycles. The van der Waals surface area contributed by atoms with Gasteiger partial charge in [0.15, 0.2) is 6.29 Å². The lowest BCUT2D eigenvalue weighted by Gasteiger charge is -2.03. The lowest BCUT2D eigenvalue weighted by molar-refractivity contribution is 0.112. The van der Waals surface area contributed by atoms with Crippen LogP contribution in [0.15, 0.2) is 24.8 Å². The molecule has 1 aromatic rings. The summed E-state index contributed by atoms with van der Waals surface area (Å²) in [6.07, 6.45) is 1.29. The number of hydrogen-bond donors (Lipinski definition) is 0. The summed E-state index contributed by atoms with van der Waals surface area (Å²) in [5.74, 6) is -0.484. The Morgan fingerprint density at radius 2 is 2.31 bits per heavy atom. The molecule has 0 aliphatic carbocycles. The second-order valence-corrected chi connectivity index (χ2v) is 2.81. The first-order chi connectivity index (χ1) is 6.19. The third kappa shape index (κ3) is 2.02. The third-order valence-electron chi connectivity index (χ3n) is 1.96.